The molecule has 1 saturated heterocycles. The summed E-state index contributed by atoms with van der Waals surface area (Å²) in [5.41, 5.74) is 1.45. The van der Waals surface area contributed by atoms with E-state index in [1.54, 1.807) is 0 Å². The molecule has 1 aromatic carbocycles. The van der Waals surface area contributed by atoms with Crippen LogP contribution in [0.3, 0.4) is 0 Å². The summed E-state index contributed by atoms with van der Waals surface area (Å²) >= 11 is 0. The smallest absolute Gasteiger partial charge is 0.307 e. The van der Waals surface area contributed by atoms with Crippen molar-refractivity contribution in [3.8, 4) is 0 Å². The lowest BCUT2D eigenvalue weighted by Crippen LogP contribution is -2.40. The van der Waals surface area contributed by atoms with Gasteiger partial charge in [0.15, 0.2) is 0 Å². The summed E-state index contributed by atoms with van der Waals surface area (Å²) in [6.07, 6.45) is 7.89. The van der Waals surface area contributed by atoms with Crippen molar-refractivity contribution >= 4 is 11.9 Å². The number of carboxylic acids is 1. The topological polar surface area (TPSA) is 57.6 Å². The van der Waals surface area contributed by atoms with Crippen LogP contribution in [0.2, 0.25) is 0 Å². The van der Waals surface area contributed by atoms with Gasteiger partial charge in [0, 0.05) is 19.5 Å². The Morgan fingerprint density at radius 3 is 2.27 bits per heavy atom. The van der Waals surface area contributed by atoms with Crippen molar-refractivity contribution in [2.75, 3.05) is 13.1 Å². The molecule has 2 aliphatic carbocycles. The first-order valence-electron chi connectivity index (χ1n) is 10.1. The van der Waals surface area contributed by atoms with Crippen LogP contribution in [0, 0.1) is 17.3 Å². The molecule has 1 atom stereocenters. The average Bonchev–Trinajstić information content (AvgIpc) is 3.37. The molecule has 1 unspecified atom stereocenters. The normalized spacial score (nSPS) is 30.2. The lowest BCUT2D eigenvalue weighted by Gasteiger charge is -2.35. The zero-order valence-corrected chi connectivity index (χ0v) is 15.4. The maximum absolute atomic E-state index is 12.7. The Kier molecular flexibility index (Phi) is 4.76. The zero-order valence-electron chi connectivity index (χ0n) is 15.4. The van der Waals surface area contributed by atoms with Crippen molar-refractivity contribution in [1.29, 1.82) is 0 Å². The van der Waals surface area contributed by atoms with Gasteiger partial charge in [0.25, 0.3) is 0 Å². The first-order chi connectivity index (χ1) is 12.6. The first-order valence-corrected chi connectivity index (χ1v) is 10.1. The number of hydrogen-bond donors (Lipinski definition) is 1. The standard InChI is InChI=1S/C22H29NO3/c24-20(23-12-10-22(11-13-23)15-19(22)21(25)26)14-16-6-8-18(9-7-16)17-4-2-1-3-5-17/h1-5,16,18-19H,6-15H2,(H,25,26). The molecule has 1 amide bonds. The zero-order chi connectivity index (χ0) is 18.1. The summed E-state index contributed by atoms with van der Waals surface area (Å²) in [6, 6.07) is 10.7. The van der Waals surface area contributed by atoms with Gasteiger partial charge in [-0.3, -0.25) is 9.59 Å². The summed E-state index contributed by atoms with van der Waals surface area (Å²) in [6.45, 7) is 1.50. The predicted molar refractivity (Wildman–Crippen MR) is 99.7 cm³/mol. The monoisotopic (exact) mass is 355 g/mol. The van der Waals surface area contributed by atoms with Gasteiger partial charge in [-0.25, -0.2) is 0 Å². The van der Waals surface area contributed by atoms with E-state index in [2.05, 4.69) is 30.3 Å². The van der Waals surface area contributed by atoms with Gasteiger partial charge in [0.05, 0.1) is 5.92 Å². The van der Waals surface area contributed by atoms with E-state index in [0.717, 1.165) is 45.2 Å². The fraction of sp³-hybridized carbons (Fsp3) is 0.636. The molecule has 26 heavy (non-hydrogen) atoms. The number of likely N-dealkylation sites (tertiary alicyclic amines) is 1. The number of nitrogens with zero attached hydrogens (tertiary/aromatic N) is 1. The average molecular weight is 355 g/mol. The van der Waals surface area contributed by atoms with Crippen LogP contribution >= 0.6 is 0 Å². The van der Waals surface area contributed by atoms with Crippen LogP contribution < -0.4 is 0 Å². The maximum atomic E-state index is 12.7. The van der Waals surface area contributed by atoms with Crippen LogP contribution in [-0.2, 0) is 9.59 Å². The second-order valence-electron chi connectivity index (χ2n) is 8.67. The minimum absolute atomic E-state index is 0.0103. The van der Waals surface area contributed by atoms with E-state index in [4.69, 9.17) is 0 Å². The number of amides is 1. The van der Waals surface area contributed by atoms with Crippen LogP contribution in [0.25, 0.3) is 0 Å². The van der Waals surface area contributed by atoms with Gasteiger partial charge in [-0.1, -0.05) is 30.3 Å². The number of piperidine rings is 1. The van der Waals surface area contributed by atoms with Crippen LogP contribution in [-0.4, -0.2) is 35.0 Å². The molecule has 1 N–H and O–H groups in total. The molecule has 140 valence electrons. The predicted octanol–water partition coefficient (Wildman–Crippen LogP) is 4.06. The Morgan fingerprint density at radius 2 is 1.69 bits per heavy atom. The summed E-state index contributed by atoms with van der Waals surface area (Å²) < 4.78 is 0. The third-order valence-corrected chi connectivity index (χ3v) is 7.18. The Bertz CT molecular complexity index is 655. The molecule has 2 saturated carbocycles. The molecule has 1 aromatic rings. The van der Waals surface area contributed by atoms with E-state index in [-0.39, 0.29) is 17.2 Å². The molecule has 4 nitrogen and oxygen atoms in total. The van der Waals surface area contributed by atoms with E-state index in [9.17, 15) is 14.7 Å². The van der Waals surface area contributed by atoms with Gasteiger partial charge in [0.1, 0.15) is 0 Å². The minimum Gasteiger partial charge on any atom is -0.481 e. The van der Waals surface area contributed by atoms with E-state index in [1.165, 1.54) is 18.4 Å². The number of carbonyl (C=O) groups excluding carboxylic acids is 1. The molecule has 0 aromatic heterocycles. The minimum atomic E-state index is -0.653. The molecule has 3 aliphatic rings. The van der Waals surface area contributed by atoms with Crippen molar-refractivity contribution in [3.63, 3.8) is 0 Å². The van der Waals surface area contributed by atoms with E-state index in [1.807, 2.05) is 4.90 Å². The Balaban J connectivity index is 1.22. The van der Waals surface area contributed by atoms with E-state index < -0.39 is 5.97 Å². The third-order valence-electron chi connectivity index (χ3n) is 7.18. The number of aliphatic carboxylic acids is 1. The summed E-state index contributed by atoms with van der Waals surface area (Å²) in [5, 5.41) is 9.19. The molecular weight excluding hydrogens is 326 g/mol. The SMILES string of the molecule is O=C(O)C1CC12CCN(C(=O)CC1CCC(c3ccccc3)CC1)CC2. The van der Waals surface area contributed by atoms with Crippen molar-refractivity contribution in [2.24, 2.45) is 17.3 Å². The molecule has 1 heterocycles. The summed E-state index contributed by atoms with van der Waals surface area (Å²) in [4.78, 5) is 25.8. The highest BCUT2D eigenvalue weighted by molar-refractivity contribution is 5.77. The van der Waals surface area contributed by atoms with E-state index >= 15 is 0 Å². The fourth-order valence-electron chi connectivity index (χ4n) is 5.25. The highest BCUT2D eigenvalue weighted by Gasteiger charge is 2.59. The van der Waals surface area contributed by atoms with Crippen LogP contribution in [0.15, 0.2) is 30.3 Å². The number of carboxylic acid groups (broad SMARTS) is 1. The Labute approximate surface area is 155 Å². The van der Waals surface area contributed by atoms with Gasteiger partial charge in [-0.05, 0) is 67.8 Å². The largest absolute Gasteiger partial charge is 0.481 e. The molecular formula is C22H29NO3. The van der Waals surface area contributed by atoms with E-state index in [0.29, 0.717) is 18.3 Å². The van der Waals surface area contributed by atoms with Crippen molar-refractivity contribution in [2.45, 2.75) is 57.3 Å². The molecule has 0 bridgehead atoms. The lowest BCUT2D eigenvalue weighted by molar-refractivity contribution is -0.140. The molecule has 1 spiro atoms. The van der Waals surface area contributed by atoms with Gasteiger partial charge in [0.2, 0.25) is 5.91 Å². The van der Waals surface area contributed by atoms with Crippen molar-refractivity contribution in [1.82, 2.24) is 4.90 Å². The highest BCUT2D eigenvalue weighted by atomic mass is 16.4. The first kappa shape index (κ1) is 17.6. The lowest BCUT2D eigenvalue weighted by atomic mass is 9.77. The maximum Gasteiger partial charge on any atom is 0.307 e. The third kappa shape index (κ3) is 3.51. The number of hydrogen-bond acceptors (Lipinski definition) is 2. The molecule has 4 rings (SSSR count). The number of rotatable bonds is 4. The molecule has 4 heteroatoms. The quantitative estimate of drug-likeness (QED) is 0.886. The second kappa shape index (κ2) is 7.05. The fourth-order valence-corrected chi connectivity index (χ4v) is 5.25. The van der Waals surface area contributed by atoms with Crippen molar-refractivity contribution < 1.29 is 14.7 Å². The molecule has 0 radical (unpaired) electrons. The van der Waals surface area contributed by atoms with Gasteiger partial charge in [-0.15, -0.1) is 0 Å². The second-order valence-corrected chi connectivity index (χ2v) is 8.67. The Hall–Kier alpha value is -1.84. The van der Waals surface area contributed by atoms with Crippen LogP contribution in [0.4, 0.5) is 0 Å². The van der Waals surface area contributed by atoms with Gasteiger partial charge < -0.3 is 10.0 Å². The summed E-state index contributed by atoms with van der Waals surface area (Å²) in [5.74, 6) is 0.648. The summed E-state index contributed by atoms with van der Waals surface area (Å²) in [7, 11) is 0. The number of carbonyl (C=O) groups is 2. The van der Waals surface area contributed by atoms with Gasteiger partial charge in [-0.2, -0.15) is 0 Å². The highest BCUT2D eigenvalue weighted by Crippen LogP contribution is 2.59. The molecule has 1 aliphatic heterocycles. The number of benzene rings is 1. The Morgan fingerprint density at radius 1 is 1.04 bits per heavy atom. The van der Waals surface area contributed by atoms with Gasteiger partial charge >= 0.3 is 5.97 Å². The van der Waals surface area contributed by atoms with Crippen molar-refractivity contribution in [3.05, 3.63) is 35.9 Å². The molecule has 3 fully saturated rings. The van der Waals surface area contributed by atoms with Crippen LogP contribution in [0.1, 0.15) is 62.8 Å². The van der Waals surface area contributed by atoms with Crippen LogP contribution in [0.5, 0.6) is 0 Å².